The molecule has 38 heavy (non-hydrogen) atoms. The van der Waals surface area contributed by atoms with Crippen molar-refractivity contribution in [3.05, 3.63) is 58.9 Å². The number of nitrogens with one attached hydrogen (secondary N) is 1. The van der Waals surface area contributed by atoms with Gasteiger partial charge >= 0.3 is 0 Å². The summed E-state index contributed by atoms with van der Waals surface area (Å²) in [6.07, 6.45) is 4.01. The Morgan fingerprint density at radius 1 is 1.24 bits per heavy atom. The molecule has 4 rings (SSSR count). The second-order valence-electron chi connectivity index (χ2n) is 8.48. The van der Waals surface area contributed by atoms with E-state index >= 15 is 0 Å². The Morgan fingerprint density at radius 3 is 2.82 bits per heavy atom. The van der Waals surface area contributed by atoms with Crippen LogP contribution >= 0.6 is 11.6 Å². The third-order valence-corrected chi connectivity index (χ3v) is 5.63. The molecule has 198 valence electrons. The molecule has 0 radical (unpaired) electrons. The lowest BCUT2D eigenvalue weighted by Gasteiger charge is -2.17. The van der Waals surface area contributed by atoms with Crippen LogP contribution in [0.25, 0.3) is 11.4 Å². The molecule has 4 aromatic heterocycles. The lowest BCUT2D eigenvalue weighted by molar-refractivity contribution is 0.122. The number of nitrogens with zero attached hydrogens (tertiary/aromatic N) is 7. The molecule has 0 amide bonds. The molecule has 0 aliphatic carbocycles. The molecule has 0 unspecified atom stereocenters. The van der Waals surface area contributed by atoms with Crippen molar-refractivity contribution in [2.75, 3.05) is 17.6 Å². The topological polar surface area (TPSA) is 122 Å². The second-order valence-corrected chi connectivity index (χ2v) is 8.87. The standard InChI is InChI=1S/C25H26ClF2N9O/c1-15(38-25-23(16(2)35-36(25)3)24-31-9-7-22(29)34-24)6-8-30-19-10-20(26)32-12-18(19)5-4-17-11-33-37(13-17)14-21(27)28/h7,9-13,15,21H,6,8,14H2,1-3H3,(H,30,32)(H2,29,31,34)/t15-/m0/s1. The number of aromatic nitrogens is 7. The Hall–Kier alpha value is -4.24. The fourth-order valence-corrected chi connectivity index (χ4v) is 3.82. The summed E-state index contributed by atoms with van der Waals surface area (Å²) in [5.41, 5.74) is 9.07. The average Bonchev–Trinajstić information content (AvgIpc) is 3.40. The van der Waals surface area contributed by atoms with Gasteiger partial charge in [-0.25, -0.2) is 28.4 Å². The number of alkyl halides is 2. The molecule has 0 fully saturated rings. The molecule has 0 aromatic carbocycles. The molecule has 13 heteroatoms. The van der Waals surface area contributed by atoms with Crippen molar-refractivity contribution in [3.8, 4) is 29.1 Å². The highest BCUT2D eigenvalue weighted by molar-refractivity contribution is 6.29. The van der Waals surface area contributed by atoms with Crippen LogP contribution in [-0.2, 0) is 13.6 Å². The summed E-state index contributed by atoms with van der Waals surface area (Å²) < 4.78 is 34.1. The van der Waals surface area contributed by atoms with Gasteiger partial charge in [0, 0.05) is 38.6 Å². The van der Waals surface area contributed by atoms with Gasteiger partial charge in [-0.1, -0.05) is 23.4 Å². The van der Waals surface area contributed by atoms with Gasteiger partial charge in [0.2, 0.25) is 5.88 Å². The minimum absolute atomic E-state index is 0.190. The fourth-order valence-electron chi connectivity index (χ4n) is 3.67. The Morgan fingerprint density at radius 2 is 2.05 bits per heavy atom. The lowest BCUT2D eigenvalue weighted by atomic mass is 10.2. The number of rotatable bonds is 9. The van der Waals surface area contributed by atoms with Crippen LogP contribution in [0.3, 0.4) is 0 Å². The highest BCUT2D eigenvalue weighted by atomic mass is 35.5. The Bertz CT molecular complexity index is 1480. The van der Waals surface area contributed by atoms with E-state index in [9.17, 15) is 8.78 Å². The molecular formula is C25H26ClF2N9O. The number of pyridine rings is 1. The fraction of sp³-hybridized carbons (Fsp3) is 0.320. The van der Waals surface area contributed by atoms with Gasteiger partial charge in [0.05, 0.1) is 34.8 Å². The number of hydrogen-bond donors (Lipinski definition) is 2. The summed E-state index contributed by atoms with van der Waals surface area (Å²) >= 11 is 6.10. The summed E-state index contributed by atoms with van der Waals surface area (Å²) in [6, 6.07) is 3.30. The molecule has 0 aliphatic rings. The molecular weight excluding hydrogens is 516 g/mol. The molecule has 10 nitrogen and oxygen atoms in total. The largest absolute Gasteiger partial charge is 0.474 e. The zero-order chi connectivity index (χ0) is 27.2. The minimum Gasteiger partial charge on any atom is -0.474 e. The van der Waals surface area contributed by atoms with E-state index in [1.165, 1.54) is 12.4 Å². The van der Waals surface area contributed by atoms with Crippen LogP contribution in [-0.4, -0.2) is 53.6 Å². The number of hydrogen-bond acceptors (Lipinski definition) is 8. The predicted octanol–water partition coefficient (Wildman–Crippen LogP) is 3.95. The van der Waals surface area contributed by atoms with Crippen LogP contribution in [0.1, 0.15) is 30.2 Å². The third kappa shape index (κ3) is 6.74. The molecule has 0 bridgehead atoms. The Kier molecular flexibility index (Phi) is 8.38. The maximum atomic E-state index is 12.6. The normalized spacial score (nSPS) is 11.8. The third-order valence-electron chi connectivity index (χ3n) is 5.42. The van der Waals surface area contributed by atoms with E-state index in [1.54, 1.807) is 36.3 Å². The molecule has 0 saturated carbocycles. The van der Waals surface area contributed by atoms with Crippen molar-refractivity contribution < 1.29 is 13.5 Å². The van der Waals surface area contributed by atoms with Gasteiger partial charge in [0.25, 0.3) is 6.43 Å². The number of nitrogen functional groups attached to an aromatic ring is 1. The molecule has 0 saturated heterocycles. The van der Waals surface area contributed by atoms with E-state index in [2.05, 4.69) is 42.3 Å². The maximum Gasteiger partial charge on any atom is 0.257 e. The molecule has 1 atom stereocenters. The van der Waals surface area contributed by atoms with Crippen molar-refractivity contribution in [2.24, 2.45) is 7.05 Å². The summed E-state index contributed by atoms with van der Waals surface area (Å²) in [7, 11) is 1.80. The van der Waals surface area contributed by atoms with Gasteiger partial charge in [-0.05, 0) is 26.0 Å². The molecule has 3 N–H and O–H groups in total. The van der Waals surface area contributed by atoms with Crippen molar-refractivity contribution in [1.82, 2.24) is 34.5 Å². The van der Waals surface area contributed by atoms with Gasteiger partial charge < -0.3 is 15.8 Å². The number of nitrogens with two attached hydrogens (primary N) is 1. The van der Waals surface area contributed by atoms with Crippen molar-refractivity contribution in [1.29, 1.82) is 0 Å². The number of aryl methyl sites for hydroxylation is 2. The predicted molar refractivity (Wildman–Crippen MR) is 140 cm³/mol. The SMILES string of the molecule is Cc1nn(C)c(O[C@@H](C)CCNc2cc(Cl)ncc2C#Cc2cnn(CC(F)F)c2)c1-c1nccc(N)n1. The van der Waals surface area contributed by atoms with Crippen molar-refractivity contribution in [3.63, 3.8) is 0 Å². The summed E-state index contributed by atoms with van der Waals surface area (Å²) in [5, 5.41) is 12.0. The van der Waals surface area contributed by atoms with Crippen molar-refractivity contribution in [2.45, 2.75) is 39.3 Å². The highest BCUT2D eigenvalue weighted by Crippen LogP contribution is 2.31. The summed E-state index contributed by atoms with van der Waals surface area (Å²) in [5.74, 6) is 7.28. The number of anilines is 2. The summed E-state index contributed by atoms with van der Waals surface area (Å²) in [6.45, 7) is 3.87. The van der Waals surface area contributed by atoms with Crippen LogP contribution < -0.4 is 15.8 Å². The van der Waals surface area contributed by atoms with Crippen LogP contribution in [0.5, 0.6) is 5.88 Å². The van der Waals surface area contributed by atoms with Crippen LogP contribution in [0, 0.1) is 18.8 Å². The molecule has 0 spiro atoms. The number of ether oxygens (including phenoxy) is 1. The Labute approximate surface area is 223 Å². The van der Waals surface area contributed by atoms with Gasteiger partial charge in [-0.3, -0.25) is 4.68 Å². The van der Waals surface area contributed by atoms with E-state index in [0.717, 1.165) is 10.4 Å². The monoisotopic (exact) mass is 541 g/mol. The second kappa shape index (κ2) is 11.9. The van der Waals surface area contributed by atoms with E-state index < -0.39 is 13.0 Å². The van der Waals surface area contributed by atoms with Gasteiger partial charge in [-0.15, -0.1) is 0 Å². The van der Waals surface area contributed by atoms with E-state index in [-0.39, 0.29) is 6.10 Å². The minimum atomic E-state index is -2.49. The van der Waals surface area contributed by atoms with Gasteiger partial charge in [0.15, 0.2) is 5.82 Å². The first-order chi connectivity index (χ1) is 18.2. The van der Waals surface area contributed by atoms with Crippen molar-refractivity contribution >= 4 is 23.1 Å². The first kappa shape index (κ1) is 26.8. The van der Waals surface area contributed by atoms with Crippen LogP contribution in [0.15, 0.2) is 36.9 Å². The average molecular weight is 542 g/mol. The lowest BCUT2D eigenvalue weighted by Crippen LogP contribution is -2.19. The number of halogens is 3. The zero-order valence-electron chi connectivity index (χ0n) is 21.0. The van der Waals surface area contributed by atoms with Crippen LogP contribution in [0.4, 0.5) is 20.3 Å². The van der Waals surface area contributed by atoms with Gasteiger partial charge in [-0.2, -0.15) is 10.2 Å². The molecule has 4 heterocycles. The van der Waals surface area contributed by atoms with E-state index in [4.69, 9.17) is 22.1 Å². The zero-order valence-corrected chi connectivity index (χ0v) is 21.7. The maximum absolute atomic E-state index is 12.6. The first-order valence-electron chi connectivity index (χ1n) is 11.7. The van der Waals surface area contributed by atoms with Crippen LogP contribution in [0.2, 0.25) is 5.15 Å². The smallest absolute Gasteiger partial charge is 0.257 e. The molecule has 0 aliphatic heterocycles. The van der Waals surface area contributed by atoms with E-state index in [0.29, 0.717) is 58.0 Å². The van der Waals surface area contributed by atoms with Gasteiger partial charge in [0.1, 0.15) is 23.1 Å². The Balaban J connectivity index is 1.42. The van der Waals surface area contributed by atoms with E-state index in [1.807, 2.05) is 13.8 Å². The molecule has 4 aromatic rings. The first-order valence-corrected chi connectivity index (χ1v) is 12.1. The quantitative estimate of drug-likeness (QED) is 0.241. The summed E-state index contributed by atoms with van der Waals surface area (Å²) in [4.78, 5) is 12.7. The highest BCUT2D eigenvalue weighted by Gasteiger charge is 2.21.